The Morgan fingerprint density at radius 1 is 1.11 bits per heavy atom. The van der Waals surface area contributed by atoms with Gasteiger partial charge < -0.3 is 10.4 Å². The van der Waals surface area contributed by atoms with E-state index in [0.717, 1.165) is 18.3 Å². The van der Waals surface area contributed by atoms with Crippen molar-refractivity contribution in [3.05, 3.63) is 0 Å². The first kappa shape index (κ1) is 13.9. The minimum atomic E-state index is -0.698. The normalized spacial score (nSPS) is 34.1. The van der Waals surface area contributed by atoms with Gasteiger partial charge in [-0.25, -0.2) is 0 Å². The number of aliphatic carboxylic acids is 1. The zero-order valence-corrected chi connectivity index (χ0v) is 11.7. The number of nitrogens with one attached hydrogen (secondary N) is 1. The average Bonchev–Trinajstić information content (AvgIpc) is 2.35. The minimum Gasteiger partial charge on any atom is -0.480 e. The van der Waals surface area contributed by atoms with Crippen LogP contribution >= 0.6 is 0 Å². The first-order valence-corrected chi connectivity index (χ1v) is 7.56. The SMILES string of the molecule is CC(C)C(NC1CCC2CCCCC2C1)C(=O)O. The van der Waals surface area contributed by atoms with Gasteiger partial charge in [0.25, 0.3) is 0 Å². The van der Waals surface area contributed by atoms with Gasteiger partial charge in [-0.05, 0) is 37.0 Å². The summed E-state index contributed by atoms with van der Waals surface area (Å²) >= 11 is 0. The molecule has 0 saturated heterocycles. The Kier molecular flexibility index (Phi) is 4.66. The van der Waals surface area contributed by atoms with E-state index in [1.165, 1.54) is 38.5 Å². The number of carbonyl (C=O) groups is 1. The van der Waals surface area contributed by atoms with Gasteiger partial charge in [0, 0.05) is 6.04 Å². The lowest BCUT2D eigenvalue weighted by atomic mass is 9.69. The van der Waals surface area contributed by atoms with Crippen molar-refractivity contribution >= 4 is 5.97 Å². The standard InChI is InChI=1S/C15H27NO2/c1-10(2)14(15(17)18)16-13-8-7-11-5-3-4-6-12(11)9-13/h10-14,16H,3-9H2,1-2H3,(H,17,18). The van der Waals surface area contributed by atoms with E-state index >= 15 is 0 Å². The molecule has 2 saturated carbocycles. The minimum absolute atomic E-state index is 0.159. The lowest BCUT2D eigenvalue weighted by Gasteiger charge is -2.40. The van der Waals surface area contributed by atoms with Crippen molar-refractivity contribution in [2.75, 3.05) is 0 Å². The highest BCUT2D eigenvalue weighted by Crippen LogP contribution is 2.40. The zero-order valence-electron chi connectivity index (χ0n) is 11.7. The molecule has 0 amide bonds. The highest BCUT2D eigenvalue weighted by Gasteiger charge is 2.34. The molecule has 2 N–H and O–H groups in total. The second-order valence-corrected chi connectivity index (χ2v) is 6.54. The number of hydrogen-bond acceptors (Lipinski definition) is 2. The van der Waals surface area contributed by atoms with Gasteiger partial charge in [-0.15, -0.1) is 0 Å². The van der Waals surface area contributed by atoms with Gasteiger partial charge in [0.15, 0.2) is 0 Å². The summed E-state index contributed by atoms with van der Waals surface area (Å²) in [6.45, 7) is 3.97. The summed E-state index contributed by atoms with van der Waals surface area (Å²) < 4.78 is 0. The number of fused-ring (bicyclic) bond motifs is 1. The van der Waals surface area contributed by atoms with Crippen LogP contribution in [0.15, 0.2) is 0 Å². The van der Waals surface area contributed by atoms with Crippen LogP contribution in [0.1, 0.15) is 58.8 Å². The Hall–Kier alpha value is -0.570. The molecule has 2 aliphatic carbocycles. The van der Waals surface area contributed by atoms with Crippen LogP contribution < -0.4 is 5.32 Å². The summed E-state index contributed by atoms with van der Waals surface area (Å²) in [5.41, 5.74) is 0. The molecular formula is C15H27NO2. The summed E-state index contributed by atoms with van der Waals surface area (Å²) in [7, 11) is 0. The van der Waals surface area contributed by atoms with Crippen LogP contribution in [-0.4, -0.2) is 23.2 Å². The molecule has 0 spiro atoms. The van der Waals surface area contributed by atoms with Gasteiger partial charge in [0.05, 0.1) is 0 Å². The third kappa shape index (κ3) is 3.25. The van der Waals surface area contributed by atoms with E-state index in [-0.39, 0.29) is 12.0 Å². The predicted molar refractivity (Wildman–Crippen MR) is 72.5 cm³/mol. The highest BCUT2D eigenvalue weighted by molar-refractivity contribution is 5.73. The number of carboxylic acid groups (broad SMARTS) is 1. The molecule has 4 unspecified atom stereocenters. The second-order valence-electron chi connectivity index (χ2n) is 6.54. The van der Waals surface area contributed by atoms with E-state index in [2.05, 4.69) is 5.32 Å². The van der Waals surface area contributed by atoms with Crippen LogP contribution in [0.5, 0.6) is 0 Å². The number of hydrogen-bond donors (Lipinski definition) is 2. The quantitative estimate of drug-likeness (QED) is 0.809. The van der Waals surface area contributed by atoms with Crippen molar-refractivity contribution in [1.29, 1.82) is 0 Å². The monoisotopic (exact) mass is 253 g/mol. The van der Waals surface area contributed by atoms with Gasteiger partial charge in [-0.3, -0.25) is 4.79 Å². The van der Waals surface area contributed by atoms with Crippen molar-refractivity contribution in [1.82, 2.24) is 5.32 Å². The fourth-order valence-electron chi connectivity index (χ4n) is 3.83. The van der Waals surface area contributed by atoms with E-state index in [9.17, 15) is 9.90 Å². The largest absolute Gasteiger partial charge is 0.480 e. The van der Waals surface area contributed by atoms with Gasteiger partial charge in [-0.2, -0.15) is 0 Å². The van der Waals surface area contributed by atoms with Crippen LogP contribution in [0, 0.1) is 17.8 Å². The molecule has 0 aromatic carbocycles. The molecule has 0 aromatic rings. The molecule has 0 radical (unpaired) electrons. The van der Waals surface area contributed by atoms with Gasteiger partial charge in [-0.1, -0.05) is 39.5 Å². The van der Waals surface area contributed by atoms with Crippen molar-refractivity contribution in [2.24, 2.45) is 17.8 Å². The van der Waals surface area contributed by atoms with E-state index in [0.29, 0.717) is 6.04 Å². The van der Waals surface area contributed by atoms with Crippen LogP contribution in [0.3, 0.4) is 0 Å². The zero-order chi connectivity index (χ0) is 13.1. The lowest BCUT2D eigenvalue weighted by molar-refractivity contribution is -0.141. The smallest absolute Gasteiger partial charge is 0.320 e. The van der Waals surface area contributed by atoms with Crippen molar-refractivity contribution in [2.45, 2.75) is 70.9 Å². The second kappa shape index (κ2) is 6.05. The molecule has 18 heavy (non-hydrogen) atoms. The molecule has 0 heterocycles. The van der Waals surface area contributed by atoms with Crippen LogP contribution in [-0.2, 0) is 4.79 Å². The third-order valence-electron chi connectivity index (χ3n) is 4.89. The van der Waals surface area contributed by atoms with E-state index in [1.807, 2.05) is 13.8 Å². The van der Waals surface area contributed by atoms with Crippen molar-refractivity contribution in [3.63, 3.8) is 0 Å². The first-order valence-electron chi connectivity index (χ1n) is 7.56. The van der Waals surface area contributed by atoms with Crippen LogP contribution in [0.4, 0.5) is 0 Å². The van der Waals surface area contributed by atoms with E-state index < -0.39 is 5.97 Å². The average molecular weight is 253 g/mol. The van der Waals surface area contributed by atoms with Crippen LogP contribution in [0.25, 0.3) is 0 Å². The van der Waals surface area contributed by atoms with E-state index in [1.54, 1.807) is 0 Å². The Morgan fingerprint density at radius 3 is 2.39 bits per heavy atom. The number of rotatable bonds is 4. The molecule has 2 aliphatic rings. The fourth-order valence-corrected chi connectivity index (χ4v) is 3.83. The first-order chi connectivity index (χ1) is 8.58. The van der Waals surface area contributed by atoms with E-state index in [4.69, 9.17) is 0 Å². The topological polar surface area (TPSA) is 49.3 Å². The van der Waals surface area contributed by atoms with Crippen molar-refractivity contribution in [3.8, 4) is 0 Å². The Balaban J connectivity index is 1.88. The van der Waals surface area contributed by atoms with Crippen molar-refractivity contribution < 1.29 is 9.90 Å². The maximum atomic E-state index is 11.2. The maximum Gasteiger partial charge on any atom is 0.320 e. The summed E-state index contributed by atoms with van der Waals surface area (Å²) in [6, 6.07) is 0.0444. The summed E-state index contributed by atoms with van der Waals surface area (Å²) in [5, 5.41) is 12.6. The molecule has 4 atom stereocenters. The Morgan fingerprint density at radius 2 is 1.78 bits per heavy atom. The summed E-state index contributed by atoms with van der Waals surface area (Å²) in [4.78, 5) is 11.2. The molecule has 3 heteroatoms. The number of carboxylic acids is 1. The highest BCUT2D eigenvalue weighted by atomic mass is 16.4. The third-order valence-corrected chi connectivity index (χ3v) is 4.89. The molecule has 0 bridgehead atoms. The maximum absolute atomic E-state index is 11.2. The molecule has 3 nitrogen and oxygen atoms in total. The van der Waals surface area contributed by atoms with Crippen LogP contribution in [0.2, 0.25) is 0 Å². The van der Waals surface area contributed by atoms with Gasteiger partial charge >= 0.3 is 5.97 Å². The Labute approximate surface area is 110 Å². The predicted octanol–water partition coefficient (Wildman–Crippen LogP) is 3.04. The molecule has 0 aliphatic heterocycles. The molecule has 2 rings (SSSR count). The van der Waals surface area contributed by atoms with Gasteiger partial charge in [0.1, 0.15) is 6.04 Å². The molecule has 104 valence electrons. The Bertz CT molecular complexity index is 290. The molecule has 2 fully saturated rings. The fraction of sp³-hybridized carbons (Fsp3) is 0.933. The molecule has 0 aromatic heterocycles. The lowest BCUT2D eigenvalue weighted by Crippen LogP contribution is -2.49. The summed E-state index contributed by atoms with van der Waals surface area (Å²) in [5.74, 6) is 1.24. The summed E-state index contributed by atoms with van der Waals surface area (Å²) in [6.07, 6.45) is 9.21. The molecular weight excluding hydrogens is 226 g/mol. The van der Waals surface area contributed by atoms with Gasteiger partial charge in [0.2, 0.25) is 0 Å².